The highest BCUT2D eigenvalue weighted by Gasteiger charge is 2.09. The Kier molecular flexibility index (Phi) is 3.88. The van der Waals surface area contributed by atoms with E-state index in [1.165, 1.54) is 18.5 Å². The summed E-state index contributed by atoms with van der Waals surface area (Å²) in [6, 6.07) is 4.45. The number of rotatable bonds is 6. The first-order valence-corrected chi connectivity index (χ1v) is 5.44. The average molecular weight is 264 g/mol. The molecule has 9 heteroatoms. The van der Waals surface area contributed by atoms with E-state index in [0.29, 0.717) is 30.2 Å². The summed E-state index contributed by atoms with van der Waals surface area (Å²) in [6.45, 7) is 0.519. The fourth-order valence-corrected chi connectivity index (χ4v) is 1.52. The molecule has 1 aromatic carbocycles. The van der Waals surface area contributed by atoms with Gasteiger partial charge in [-0.3, -0.25) is 16.0 Å². The smallest absolute Gasteiger partial charge is 0.273 e. The molecule has 0 aliphatic carbocycles. The van der Waals surface area contributed by atoms with E-state index in [2.05, 4.69) is 25.4 Å². The Hall–Kier alpha value is -2.68. The van der Waals surface area contributed by atoms with Gasteiger partial charge >= 0.3 is 0 Å². The summed E-state index contributed by atoms with van der Waals surface area (Å²) in [5.41, 5.74) is 3.38. The largest absolute Gasteiger partial charge is 0.384 e. The second-order valence-corrected chi connectivity index (χ2v) is 3.69. The predicted octanol–water partition coefficient (Wildman–Crippen LogP) is 0.918. The van der Waals surface area contributed by atoms with Gasteiger partial charge in [-0.05, 0) is 6.07 Å². The molecule has 19 heavy (non-hydrogen) atoms. The van der Waals surface area contributed by atoms with Gasteiger partial charge in [0.1, 0.15) is 0 Å². The van der Waals surface area contributed by atoms with Gasteiger partial charge in [-0.15, -0.1) is 0 Å². The molecule has 100 valence electrons. The first-order valence-electron chi connectivity index (χ1n) is 5.44. The van der Waals surface area contributed by atoms with Crippen molar-refractivity contribution in [3.8, 4) is 0 Å². The van der Waals surface area contributed by atoms with E-state index in [1.807, 2.05) is 0 Å². The van der Waals surface area contributed by atoms with Crippen molar-refractivity contribution in [2.75, 3.05) is 17.3 Å². The first kappa shape index (κ1) is 12.8. The third-order valence-corrected chi connectivity index (χ3v) is 2.38. The molecule has 1 heterocycles. The molecule has 0 amide bonds. The molecule has 4 N–H and O–H groups in total. The maximum atomic E-state index is 10.8. The van der Waals surface area contributed by atoms with E-state index in [1.54, 1.807) is 6.07 Å². The molecule has 2 rings (SSSR count). The van der Waals surface area contributed by atoms with Crippen LogP contribution in [-0.2, 0) is 6.42 Å². The maximum absolute atomic E-state index is 10.8. The molecule has 0 saturated heterocycles. The van der Waals surface area contributed by atoms with Gasteiger partial charge < -0.3 is 15.3 Å². The van der Waals surface area contributed by atoms with Crippen LogP contribution < -0.4 is 16.6 Å². The minimum absolute atomic E-state index is 0.0440. The van der Waals surface area contributed by atoms with E-state index in [9.17, 15) is 10.1 Å². The summed E-state index contributed by atoms with van der Waals surface area (Å²) in [5, 5.41) is 17.5. The lowest BCUT2D eigenvalue weighted by Crippen LogP contribution is -2.09. The van der Waals surface area contributed by atoms with E-state index in [-0.39, 0.29) is 5.69 Å². The fraction of sp³-hybridized carbons (Fsp3) is 0.200. The minimum Gasteiger partial charge on any atom is -0.384 e. The number of nitro benzene ring substituents is 1. The third-order valence-electron chi connectivity index (χ3n) is 2.38. The standard InChI is InChI=1S/C10H12N6O3/c11-14-8-3-7(4-9(5-8)16(17)18)12-2-1-10-13-6-19-15-10/h3-6,12,14H,1-2,11H2. The Balaban J connectivity index is 2.02. The van der Waals surface area contributed by atoms with Crippen molar-refractivity contribution in [1.29, 1.82) is 0 Å². The number of nitro groups is 1. The molecule has 0 spiro atoms. The monoisotopic (exact) mass is 264 g/mol. The molecule has 0 radical (unpaired) electrons. The van der Waals surface area contributed by atoms with Crippen LogP contribution in [-0.4, -0.2) is 21.6 Å². The van der Waals surface area contributed by atoms with Crippen molar-refractivity contribution in [1.82, 2.24) is 10.1 Å². The molecular formula is C10H12N6O3. The van der Waals surface area contributed by atoms with Crippen molar-refractivity contribution in [2.45, 2.75) is 6.42 Å². The third kappa shape index (κ3) is 3.39. The summed E-state index contributed by atoms with van der Waals surface area (Å²) >= 11 is 0. The molecule has 0 aliphatic rings. The molecule has 0 unspecified atom stereocenters. The van der Waals surface area contributed by atoms with Crippen LogP contribution in [0.1, 0.15) is 5.82 Å². The Morgan fingerprint density at radius 1 is 1.37 bits per heavy atom. The van der Waals surface area contributed by atoms with Gasteiger partial charge in [0.2, 0.25) is 6.39 Å². The zero-order valence-corrected chi connectivity index (χ0v) is 9.87. The van der Waals surface area contributed by atoms with Gasteiger partial charge in [0.25, 0.3) is 5.69 Å². The van der Waals surface area contributed by atoms with E-state index in [4.69, 9.17) is 5.84 Å². The van der Waals surface area contributed by atoms with Crippen LogP contribution in [0, 0.1) is 10.1 Å². The topological polar surface area (TPSA) is 132 Å². The lowest BCUT2D eigenvalue weighted by molar-refractivity contribution is -0.384. The number of nitrogens with zero attached hydrogens (tertiary/aromatic N) is 3. The number of aromatic nitrogens is 2. The number of nitrogens with one attached hydrogen (secondary N) is 2. The minimum atomic E-state index is -0.481. The Morgan fingerprint density at radius 3 is 2.79 bits per heavy atom. The number of hydrazine groups is 1. The highest BCUT2D eigenvalue weighted by molar-refractivity contribution is 5.63. The lowest BCUT2D eigenvalue weighted by atomic mass is 10.2. The fourth-order valence-electron chi connectivity index (χ4n) is 1.52. The number of benzene rings is 1. The molecule has 2 aromatic rings. The quantitative estimate of drug-likeness (QED) is 0.398. The number of nitrogens with two attached hydrogens (primary N) is 1. The van der Waals surface area contributed by atoms with Crippen LogP contribution in [0.4, 0.5) is 17.1 Å². The van der Waals surface area contributed by atoms with Crippen molar-refractivity contribution < 1.29 is 9.45 Å². The molecule has 0 saturated carbocycles. The van der Waals surface area contributed by atoms with Crippen LogP contribution in [0.2, 0.25) is 0 Å². The molecule has 0 fully saturated rings. The van der Waals surface area contributed by atoms with Gasteiger partial charge in [-0.25, -0.2) is 0 Å². The lowest BCUT2D eigenvalue weighted by Gasteiger charge is -2.07. The van der Waals surface area contributed by atoms with Crippen molar-refractivity contribution in [3.05, 3.63) is 40.5 Å². The van der Waals surface area contributed by atoms with Gasteiger partial charge in [-0.2, -0.15) is 4.98 Å². The van der Waals surface area contributed by atoms with E-state index in [0.717, 1.165) is 0 Å². The Labute approximate surface area is 107 Å². The SMILES string of the molecule is NNc1cc(NCCc2ncon2)cc([N+](=O)[O-])c1. The molecule has 0 aliphatic heterocycles. The van der Waals surface area contributed by atoms with Crippen LogP contribution in [0.5, 0.6) is 0 Å². The van der Waals surface area contributed by atoms with Crippen molar-refractivity contribution in [3.63, 3.8) is 0 Å². The van der Waals surface area contributed by atoms with E-state index >= 15 is 0 Å². The summed E-state index contributed by atoms with van der Waals surface area (Å²) in [7, 11) is 0. The first-order chi connectivity index (χ1) is 9.19. The summed E-state index contributed by atoms with van der Waals surface area (Å²) in [6.07, 6.45) is 1.80. The zero-order chi connectivity index (χ0) is 13.7. The second kappa shape index (κ2) is 5.78. The summed E-state index contributed by atoms with van der Waals surface area (Å²) in [4.78, 5) is 14.1. The highest BCUT2D eigenvalue weighted by Crippen LogP contribution is 2.23. The van der Waals surface area contributed by atoms with E-state index < -0.39 is 4.92 Å². The number of nitrogen functional groups attached to an aromatic ring is 1. The van der Waals surface area contributed by atoms with Crippen molar-refractivity contribution in [2.24, 2.45) is 5.84 Å². The normalized spacial score (nSPS) is 10.2. The molecule has 0 bridgehead atoms. The predicted molar refractivity (Wildman–Crippen MR) is 67.4 cm³/mol. The van der Waals surface area contributed by atoms with Gasteiger partial charge in [0.05, 0.1) is 10.6 Å². The van der Waals surface area contributed by atoms with Crippen LogP contribution >= 0.6 is 0 Å². The number of hydrogen-bond acceptors (Lipinski definition) is 8. The number of non-ortho nitro benzene ring substituents is 1. The van der Waals surface area contributed by atoms with Gasteiger partial charge in [0, 0.05) is 30.8 Å². The Morgan fingerprint density at radius 2 is 2.16 bits per heavy atom. The van der Waals surface area contributed by atoms with Crippen molar-refractivity contribution >= 4 is 17.1 Å². The summed E-state index contributed by atoms with van der Waals surface area (Å²) < 4.78 is 4.60. The number of anilines is 2. The maximum Gasteiger partial charge on any atom is 0.273 e. The van der Waals surface area contributed by atoms with Crippen LogP contribution in [0.3, 0.4) is 0 Å². The molecule has 9 nitrogen and oxygen atoms in total. The van der Waals surface area contributed by atoms with Crippen LogP contribution in [0.15, 0.2) is 29.1 Å². The van der Waals surface area contributed by atoms with Gasteiger partial charge in [-0.1, -0.05) is 5.16 Å². The average Bonchev–Trinajstić information content (AvgIpc) is 2.91. The highest BCUT2D eigenvalue weighted by atomic mass is 16.6. The number of hydrogen-bond donors (Lipinski definition) is 3. The molecule has 0 atom stereocenters. The van der Waals surface area contributed by atoms with Crippen LogP contribution in [0.25, 0.3) is 0 Å². The molecule has 1 aromatic heterocycles. The zero-order valence-electron chi connectivity index (χ0n) is 9.87. The Bertz CT molecular complexity index is 556. The van der Waals surface area contributed by atoms with Gasteiger partial charge in [0.15, 0.2) is 5.82 Å². The molecular weight excluding hydrogens is 252 g/mol. The second-order valence-electron chi connectivity index (χ2n) is 3.69. The summed E-state index contributed by atoms with van der Waals surface area (Å²) in [5.74, 6) is 5.83.